The maximum atomic E-state index is 12.3. The third-order valence-electron chi connectivity index (χ3n) is 5.22. The van der Waals surface area contributed by atoms with Crippen molar-refractivity contribution in [1.82, 2.24) is 9.47 Å². The molecule has 2 heterocycles. The Labute approximate surface area is 166 Å². The van der Waals surface area contributed by atoms with Crippen molar-refractivity contribution >= 4 is 18.0 Å². The first-order valence-electron chi connectivity index (χ1n) is 9.63. The Morgan fingerprint density at radius 2 is 2.11 bits per heavy atom. The molecule has 2 rings (SSSR count). The fraction of sp³-hybridized carbons (Fsp3) is 0.571. The summed E-state index contributed by atoms with van der Waals surface area (Å²) in [6.45, 7) is 7.50. The van der Waals surface area contributed by atoms with Gasteiger partial charge in [-0.25, -0.2) is 4.79 Å². The highest BCUT2D eigenvalue weighted by Gasteiger charge is 2.24. The average molecular weight is 387 g/mol. The van der Waals surface area contributed by atoms with Crippen LogP contribution in [0.4, 0.5) is 0 Å². The van der Waals surface area contributed by atoms with Crippen molar-refractivity contribution in [2.75, 3.05) is 26.9 Å². The molecule has 7 nitrogen and oxygen atoms in total. The van der Waals surface area contributed by atoms with Crippen LogP contribution in [0.2, 0.25) is 0 Å². The Kier molecular flexibility index (Phi) is 7.82. The SMILES string of the molecule is COCCn1c(C)cc(/C=C(\C#N)C(=O)OCC(=O)N2CCCCC2C)c1C. The van der Waals surface area contributed by atoms with Crippen molar-refractivity contribution in [2.45, 2.75) is 52.6 Å². The van der Waals surface area contributed by atoms with E-state index in [0.717, 1.165) is 36.2 Å². The van der Waals surface area contributed by atoms with Crippen LogP contribution in [-0.4, -0.2) is 54.3 Å². The van der Waals surface area contributed by atoms with Crippen molar-refractivity contribution in [2.24, 2.45) is 0 Å². The molecule has 28 heavy (non-hydrogen) atoms. The van der Waals surface area contributed by atoms with Crippen LogP contribution in [0.3, 0.4) is 0 Å². The van der Waals surface area contributed by atoms with E-state index in [1.807, 2.05) is 32.9 Å². The quantitative estimate of drug-likeness (QED) is 0.408. The number of piperidine rings is 1. The second-order valence-corrected chi connectivity index (χ2v) is 7.15. The van der Waals surface area contributed by atoms with E-state index in [1.54, 1.807) is 12.0 Å². The number of ether oxygens (including phenoxy) is 2. The van der Waals surface area contributed by atoms with Gasteiger partial charge in [-0.1, -0.05) is 0 Å². The topological polar surface area (TPSA) is 84.6 Å². The molecule has 7 heteroatoms. The molecule has 0 radical (unpaired) electrons. The summed E-state index contributed by atoms with van der Waals surface area (Å²) >= 11 is 0. The zero-order chi connectivity index (χ0) is 20.7. The van der Waals surface area contributed by atoms with Crippen molar-refractivity contribution < 1.29 is 19.1 Å². The molecule has 1 atom stereocenters. The summed E-state index contributed by atoms with van der Waals surface area (Å²) in [5.41, 5.74) is 2.61. The number of amides is 1. The number of hydrogen-bond acceptors (Lipinski definition) is 5. The molecule has 1 fully saturated rings. The Balaban J connectivity index is 2.05. The fourth-order valence-corrected chi connectivity index (χ4v) is 3.55. The van der Waals surface area contributed by atoms with Crippen LogP contribution in [0.1, 0.15) is 43.1 Å². The number of methoxy groups -OCH3 is 1. The molecular weight excluding hydrogens is 358 g/mol. The van der Waals surface area contributed by atoms with Crippen LogP contribution >= 0.6 is 0 Å². The molecule has 1 aliphatic rings. The zero-order valence-electron chi connectivity index (χ0n) is 17.2. The number of nitriles is 1. The second-order valence-electron chi connectivity index (χ2n) is 7.15. The fourth-order valence-electron chi connectivity index (χ4n) is 3.55. The van der Waals surface area contributed by atoms with Gasteiger partial charge in [-0.05, 0) is 57.7 Å². The lowest BCUT2D eigenvalue weighted by atomic mass is 10.0. The van der Waals surface area contributed by atoms with Gasteiger partial charge >= 0.3 is 5.97 Å². The average Bonchev–Trinajstić information content (AvgIpc) is 2.95. The van der Waals surface area contributed by atoms with Crippen LogP contribution in [0.5, 0.6) is 0 Å². The molecule has 0 bridgehead atoms. The number of carbonyl (C=O) groups excluding carboxylic acids is 2. The molecule has 152 valence electrons. The number of aromatic nitrogens is 1. The second kappa shape index (κ2) is 10.1. The van der Waals surface area contributed by atoms with E-state index >= 15 is 0 Å². The maximum Gasteiger partial charge on any atom is 0.349 e. The number of aryl methyl sites for hydroxylation is 1. The molecule has 1 aromatic rings. The van der Waals surface area contributed by atoms with E-state index < -0.39 is 5.97 Å². The van der Waals surface area contributed by atoms with Crippen LogP contribution in [-0.2, 0) is 25.6 Å². The number of hydrogen-bond donors (Lipinski definition) is 0. The van der Waals surface area contributed by atoms with Gasteiger partial charge in [0, 0.05) is 37.6 Å². The highest BCUT2D eigenvalue weighted by molar-refractivity contribution is 5.99. The molecular formula is C21H29N3O4. The van der Waals surface area contributed by atoms with Crippen molar-refractivity contribution in [3.63, 3.8) is 0 Å². The minimum Gasteiger partial charge on any atom is -0.451 e. The van der Waals surface area contributed by atoms with Crippen LogP contribution in [0, 0.1) is 25.2 Å². The molecule has 0 aliphatic carbocycles. The Hall–Kier alpha value is -2.59. The minimum absolute atomic E-state index is 0.119. The summed E-state index contributed by atoms with van der Waals surface area (Å²) in [6, 6.07) is 3.96. The number of carbonyl (C=O) groups is 2. The molecule has 0 spiro atoms. The smallest absolute Gasteiger partial charge is 0.349 e. The summed E-state index contributed by atoms with van der Waals surface area (Å²) in [6.07, 6.45) is 4.55. The third kappa shape index (κ3) is 5.23. The number of esters is 1. The minimum atomic E-state index is -0.776. The summed E-state index contributed by atoms with van der Waals surface area (Å²) in [4.78, 5) is 26.4. The van der Waals surface area contributed by atoms with E-state index in [1.165, 1.54) is 6.08 Å². The number of rotatable bonds is 7. The largest absolute Gasteiger partial charge is 0.451 e. The molecule has 1 amide bonds. The van der Waals surface area contributed by atoms with Crippen LogP contribution in [0.25, 0.3) is 6.08 Å². The Morgan fingerprint density at radius 3 is 2.75 bits per heavy atom. The normalized spacial score (nSPS) is 17.3. The van der Waals surface area contributed by atoms with Crippen molar-refractivity contribution in [1.29, 1.82) is 5.26 Å². The first-order chi connectivity index (χ1) is 13.4. The van der Waals surface area contributed by atoms with Crippen molar-refractivity contribution in [3.05, 3.63) is 28.6 Å². The van der Waals surface area contributed by atoms with E-state index in [4.69, 9.17) is 9.47 Å². The van der Waals surface area contributed by atoms with Gasteiger partial charge in [0.05, 0.1) is 6.61 Å². The molecule has 1 aliphatic heterocycles. The molecule has 1 unspecified atom stereocenters. The molecule has 0 saturated carbocycles. The molecule has 1 saturated heterocycles. The number of nitrogens with zero attached hydrogens (tertiary/aromatic N) is 3. The van der Waals surface area contributed by atoms with E-state index in [-0.39, 0.29) is 24.1 Å². The molecule has 1 aromatic heterocycles. The lowest BCUT2D eigenvalue weighted by Crippen LogP contribution is -2.44. The first-order valence-corrected chi connectivity index (χ1v) is 9.63. The van der Waals surface area contributed by atoms with Gasteiger partial charge in [0.15, 0.2) is 6.61 Å². The standard InChI is InChI=1S/C21H29N3O4/c1-15-7-5-6-8-24(15)20(25)14-28-21(26)19(13-22)12-18-11-16(2)23(17(18)3)9-10-27-4/h11-12,15H,5-10,14H2,1-4H3/b19-12+. The zero-order valence-corrected chi connectivity index (χ0v) is 17.2. The van der Waals surface area contributed by atoms with Crippen LogP contribution < -0.4 is 0 Å². The highest BCUT2D eigenvalue weighted by atomic mass is 16.5. The van der Waals surface area contributed by atoms with E-state index in [0.29, 0.717) is 19.7 Å². The lowest BCUT2D eigenvalue weighted by Gasteiger charge is -2.33. The predicted octanol–water partition coefficient (Wildman–Crippen LogP) is 2.60. The van der Waals surface area contributed by atoms with Gasteiger partial charge in [0.25, 0.3) is 5.91 Å². The van der Waals surface area contributed by atoms with Gasteiger partial charge in [-0.3, -0.25) is 4.79 Å². The van der Waals surface area contributed by atoms with Gasteiger partial charge < -0.3 is 18.9 Å². The Morgan fingerprint density at radius 1 is 1.36 bits per heavy atom. The maximum absolute atomic E-state index is 12.3. The summed E-state index contributed by atoms with van der Waals surface area (Å²) in [5.74, 6) is -0.988. The van der Waals surface area contributed by atoms with Gasteiger partial charge in [-0.2, -0.15) is 5.26 Å². The monoisotopic (exact) mass is 387 g/mol. The number of likely N-dealkylation sites (tertiary alicyclic amines) is 1. The van der Waals surface area contributed by atoms with Gasteiger partial charge in [0.2, 0.25) is 0 Å². The summed E-state index contributed by atoms with van der Waals surface area (Å²) < 4.78 is 12.3. The molecule has 0 aromatic carbocycles. The lowest BCUT2D eigenvalue weighted by molar-refractivity contribution is -0.150. The van der Waals surface area contributed by atoms with E-state index in [2.05, 4.69) is 4.57 Å². The summed E-state index contributed by atoms with van der Waals surface area (Å²) in [7, 11) is 1.64. The Bertz CT molecular complexity index is 788. The third-order valence-corrected chi connectivity index (χ3v) is 5.22. The summed E-state index contributed by atoms with van der Waals surface area (Å²) in [5, 5.41) is 9.38. The molecule has 0 N–H and O–H groups in total. The highest BCUT2D eigenvalue weighted by Crippen LogP contribution is 2.19. The van der Waals surface area contributed by atoms with E-state index in [9.17, 15) is 14.9 Å². The van der Waals surface area contributed by atoms with Crippen LogP contribution in [0.15, 0.2) is 11.6 Å². The van der Waals surface area contributed by atoms with Crippen molar-refractivity contribution in [3.8, 4) is 6.07 Å². The first kappa shape index (κ1) is 21.7. The van der Waals surface area contributed by atoms with Gasteiger partial charge in [0.1, 0.15) is 11.6 Å². The van der Waals surface area contributed by atoms with Gasteiger partial charge in [-0.15, -0.1) is 0 Å². The predicted molar refractivity (Wildman–Crippen MR) is 105 cm³/mol.